The van der Waals surface area contributed by atoms with Gasteiger partial charge in [0, 0.05) is 0 Å². The smallest absolute Gasteiger partial charge is 0.387 e. The molecule has 5 heteroatoms. The van der Waals surface area contributed by atoms with Crippen LogP contribution in [0.5, 0.6) is 5.75 Å². The largest absolute Gasteiger partial charge is 0.435 e. The lowest BCUT2D eigenvalue weighted by molar-refractivity contribution is -0.0498. The maximum absolute atomic E-state index is 11.8. The Kier molecular flexibility index (Phi) is 3.99. The highest BCUT2D eigenvalue weighted by atomic mass is 19.3. The highest BCUT2D eigenvalue weighted by Gasteiger charge is 2.12. The monoisotopic (exact) mass is 217 g/mol. The van der Waals surface area contributed by atoms with Gasteiger partial charge in [0.2, 0.25) is 0 Å². The predicted molar refractivity (Wildman–Crippen MR) is 51.7 cm³/mol. The van der Waals surface area contributed by atoms with Crippen molar-refractivity contribution in [1.29, 1.82) is 0 Å². The molecular weight excluding hydrogens is 204 g/mol. The van der Waals surface area contributed by atoms with E-state index in [9.17, 15) is 13.9 Å². The van der Waals surface area contributed by atoms with E-state index in [4.69, 9.17) is 5.73 Å². The highest BCUT2D eigenvalue weighted by molar-refractivity contribution is 5.29. The molecule has 2 atom stereocenters. The van der Waals surface area contributed by atoms with Gasteiger partial charge in [-0.3, -0.25) is 0 Å². The lowest BCUT2D eigenvalue weighted by Gasteiger charge is -2.15. The third-order valence-corrected chi connectivity index (χ3v) is 2.01. The summed E-state index contributed by atoms with van der Waals surface area (Å²) in [7, 11) is 0. The van der Waals surface area contributed by atoms with Gasteiger partial charge in [-0.15, -0.1) is 0 Å². The Morgan fingerprint density at radius 2 is 1.80 bits per heavy atom. The number of aliphatic hydroxyl groups is 1. The summed E-state index contributed by atoms with van der Waals surface area (Å²) in [4.78, 5) is 0. The average molecular weight is 217 g/mol. The van der Waals surface area contributed by atoms with Gasteiger partial charge in [-0.2, -0.15) is 8.78 Å². The van der Waals surface area contributed by atoms with Crippen LogP contribution in [0, 0.1) is 0 Å². The fourth-order valence-corrected chi connectivity index (χ4v) is 1.15. The van der Waals surface area contributed by atoms with E-state index in [-0.39, 0.29) is 5.75 Å². The van der Waals surface area contributed by atoms with Crippen molar-refractivity contribution in [3.05, 3.63) is 29.8 Å². The van der Waals surface area contributed by atoms with Crippen LogP contribution in [0.1, 0.15) is 18.5 Å². The molecule has 0 heterocycles. The van der Waals surface area contributed by atoms with E-state index in [1.807, 2.05) is 0 Å². The first-order chi connectivity index (χ1) is 7.00. The second-order valence-electron chi connectivity index (χ2n) is 3.21. The molecule has 0 spiro atoms. The van der Waals surface area contributed by atoms with Crippen LogP contribution < -0.4 is 10.5 Å². The maximum atomic E-state index is 11.8. The Balaban J connectivity index is 2.72. The zero-order valence-electron chi connectivity index (χ0n) is 8.23. The van der Waals surface area contributed by atoms with Crippen molar-refractivity contribution in [2.75, 3.05) is 0 Å². The van der Waals surface area contributed by atoms with Crippen molar-refractivity contribution in [3.63, 3.8) is 0 Å². The number of hydrogen-bond donors (Lipinski definition) is 2. The molecule has 0 aromatic heterocycles. The van der Waals surface area contributed by atoms with Gasteiger partial charge < -0.3 is 15.6 Å². The summed E-state index contributed by atoms with van der Waals surface area (Å²) in [6, 6.07) is 5.36. The number of halogens is 2. The van der Waals surface area contributed by atoms with Gasteiger partial charge in [-0.1, -0.05) is 12.1 Å². The summed E-state index contributed by atoms with van der Waals surface area (Å²) in [6.45, 7) is -1.27. The van der Waals surface area contributed by atoms with Crippen LogP contribution >= 0.6 is 0 Å². The van der Waals surface area contributed by atoms with Crippen molar-refractivity contribution in [1.82, 2.24) is 0 Å². The molecule has 0 fully saturated rings. The molecular formula is C10H13F2NO2. The molecule has 1 aromatic rings. The Morgan fingerprint density at radius 1 is 1.27 bits per heavy atom. The summed E-state index contributed by atoms with van der Waals surface area (Å²) < 4.78 is 27.8. The third-order valence-electron chi connectivity index (χ3n) is 2.01. The molecule has 0 aliphatic heterocycles. The van der Waals surface area contributed by atoms with Gasteiger partial charge in [0.15, 0.2) is 0 Å². The van der Waals surface area contributed by atoms with Crippen LogP contribution in [0.15, 0.2) is 24.3 Å². The van der Waals surface area contributed by atoms with Gasteiger partial charge in [-0.05, 0) is 24.6 Å². The Labute approximate surface area is 86.5 Å². The highest BCUT2D eigenvalue weighted by Crippen LogP contribution is 2.19. The number of aliphatic hydroxyl groups excluding tert-OH is 1. The van der Waals surface area contributed by atoms with E-state index in [1.54, 1.807) is 19.1 Å². The Bertz CT molecular complexity index is 301. The minimum Gasteiger partial charge on any atom is -0.435 e. The maximum Gasteiger partial charge on any atom is 0.387 e. The van der Waals surface area contributed by atoms with Gasteiger partial charge in [0.05, 0.1) is 12.1 Å². The second-order valence-corrected chi connectivity index (χ2v) is 3.21. The molecule has 0 aliphatic rings. The number of alkyl halides is 2. The number of nitrogens with two attached hydrogens (primary N) is 1. The summed E-state index contributed by atoms with van der Waals surface area (Å²) in [5.74, 6) is 0.0755. The molecule has 84 valence electrons. The van der Waals surface area contributed by atoms with Crippen molar-refractivity contribution < 1.29 is 18.6 Å². The quantitative estimate of drug-likeness (QED) is 0.806. The molecule has 3 N–H and O–H groups in total. The first-order valence-electron chi connectivity index (χ1n) is 4.49. The van der Waals surface area contributed by atoms with Crippen LogP contribution in [0.4, 0.5) is 8.78 Å². The average Bonchev–Trinajstić information content (AvgIpc) is 2.17. The van der Waals surface area contributed by atoms with E-state index >= 15 is 0 Å². The van der Waals surface area contributed by atoms with Crippen LogP contribution in [0.3, 0.4) is 0 Å². The molecule has 3 nitrogen and oxygen atoms in total. The van der Waals surface area contributed by atoms with Crippen molar-refractivity contribution in [3.8, 4) is 5.75 Å². The normalized spacial score (nSPS) is 15.1. The molecule has 0 bridgehead atoms. The summed E-state index contributed by atoms with van der Waals surface area (Å²) >= 11 is 0. The first kappa shape index (κ1) is 11.9. The first-order valence-corrected chi connectivity index (χ1v) is 4.49. The van der Waals surface area contributed by atoms with E-state index < -0.39 is 18.8 Å². The molecule has 0 radical (unpaired) electrons. The number of ether oxygens (including phenoxy) is 1. The fraction of sp³-hybridized carbons (Fsp3) is 0.400. The number of hydrogen-bond acceptors (Lipinski definition) is 3. The van der Waals surface area contributed by atoms with Crippen LogP contribution in [-0.4, -0.2) is 17.8 Å². The van der Waals surface area contributed by atoms with Gasteiger partial charge in [0.25, 0.3) is 0 Å². The molecule has 15 heavy (non-hydrogen) atoms. The molecule has 0 saturated carbocycles. The standard InChI is InChI=1S/C10H13F2NO2/c1-6(14)9(13)7-2-4-8(5-3-7)15-10(11)12/h2-6,9-10,14H,13H2,1H3/t6-,9-/m1/s1. The molecule has 0 amide bonds. The fourth-order valence-electron chi connectivity index (χ4n) is 1.15. The predicted octanol–water partition coefficient (Wildman–Crippen LogP) is 1.67. The number of rotatable bonds is 4. The second kappa shape index (κ2) is 5.04. The van der Waals surface area contributed by atoms with E-state index in [0.29, 0.717) is 5.56 Å². The van der Waals surface area contributed by atoms with E-state index in [0.717, 1.165) is 0 Å². The summed E-state index contributed by atoms with van der Waals surface area (Å²) in [6.07, 6.45) is -0.688. The van der Waals surface area contributed by atoms with Crippen LogP contribution in [0.25, 0.3) is 0 Å². The summed E-state index contributed by atoms with van der Waals surface area (Å²) in [5.41, 5.74) is 6.32. The lowest BCUT2D eigenvalue weighted by Crippen LogP contribution is -2.22. The van der Waals surface area contributed by atoms with Crippen LogP contribution in [-0.2, 0) is 0 Å². The zero-order chi connectivity index (χ0) is 11.4. The van der Waals surface area contributed by atoms with Gasteiger partial charge >= 0.3 is 6.61 Å². The third kappa shape index (κ3) is 3.45. The molecule has 0 aliphatic carbocycles. The van der Waals surface area contributed by atoms with Gasteiger partial charge in [0.1, 0.15) is 5.75 Å². The minimum atomic E-state index is -2.83. The zero-order valence-corrected chi connectivity index (χ0v) is 8.23. The van der Waals surface area contributed by atoms with Gasteiger partial charge in [-0.25, -0.2) is 0 Å². The molecule has 1 rings (SSSR count). The molecule has 0 saturated heterocycles. The van der Waals surface area contributed by atoms with E-state index in [2.05, 4.69) is 4.74 Å². The van der Waals surface area contributed by atoms with Crippen molar-refractivity contribution in [2.24, 2.45) is 5.73 Å². The lowest BCUT2D eigenvalue weighted by atomic mass is 10.0. The molecule has 1 aromatic carbocycles. The Hall–Kier alpha value is -1.20. The van der Waals surface area contributed by atoms with Crippen molar-refractivity contribution in [2.45, 2.75) is 25.7 Å². The minimum absolute atomic E-state index is 0.0755. The van der Waals surface area contributed by atoms with Crippen molar-refractivity contribution >= 4 is 0 Å². The van der Waals surface area contributed by atoms with E-state index in [1.165, 1.54) is 12.1 Å². The van der Waals surface area contributed by atoms with Crippen LogP contribution in [0.2, 0.25) is 0 Å². The summed E-state index contributed by atoms with van der Waals surface area (Å²) in [5, 5.41) is 9.21. The topological polar surface area (TPSA) is 55.5 Å². The molecule has 0 unspecified atom stereocenters. The number of benzene rings is 1. The Morgan fingerprint density at radius 3 is 2.20 bits per heavy atom. The SMILES string of the molecule is C[C@@H](O)[C@@H](N)c1ccc(OC(F)F)cc1.